The monoisotopic (exact) mass is 265 g/mol. The molecule has 0 fully saturated rings. The molecular weight excluding hydrogens is 250 g/mol. The fourth-order valence-electron chi connectivity index (χ4n) is 1.80. The third-order valence-electron chi connectivity index (χ3n) is 2.85. The van der Waals surface area contributed by atoms with Crippen LogP contribution in [0.25, 0.3) is 0 Å². The summed E-state index contributed by atoms with van der Waals surface area (Å²) in [5, 5.41) is 8.43. The first-order valence-electron chi connectivity index (χ1n) is 6.51. The van der Waals surface area contributed by atoms with E-state index in [1.54, 1.807) is 36.4 Å². The van der Waals surface area contributed by atoms with Crippen molar-refractivity contribution in [1.29, 1.82) is 5.26 Å². The number of benzene rings is 2. The number of hydrogen-bond donors (Lipinski definition) is 0. The highest BCUT2D eigenvalue weighted by Crippen LogP contribution is 2.15. The summed E-state index contributed by atoms with van der Waals surface area (Å²) in [6.07, 6.45) is 1.20. The second kappa shape index (κ2) is 7.10. The van der Waals surface area contributed by atoms with Crippen molar-refractivity contribution >= 4 is 5.78 Å². The molecule has 20 heavy (non-hydrogen) atoms. The minimum absolute atomic E-state index is 0.00151. The molecule has 0 aromatic heterocycles. The van der Waals surface area contributed by atoms with E-state index in [2.05, 4.69) is 6.07 Å². The smallest absolute Gasteiger partial charge is 0.193 e. The fraction of sp³-hybridized carbons (Fsp3) is 0.176. The fourth-order valence-corrected chi connectivity index (χ4v) is 1.80. The van der Waals surface area contributed by atoms with E-state index in [-0.39, 0.29) is 5.78 Å². The summed E-state index contributed by atoms with van der Waals surface area (Å²) in [4.78, 5) is 12.2. The van der Waals surface area contributed by atoms with Gasteiger partial charge in [0.25, 0.3) is 0 Å². The number of carbonyl (C=O) groups excluding carboxylic acids is 1. The minimum atomic E-state index is 0.00151. The number of nitrogens with zero attached hydrogens (tertiary/aromatic N) is 1. The molecule has 0 atom stereocenters. The Kier molecular flexibility index (Phi) is 4.91. The van der Waals surface area contributed by atoms with Crippen molar-refractivity contribution < 1.29 is 9.53 Å². The van der Waals surface area contributed by atoms with Crippen LogP contribution in [0.4, 0.5) is 0 Å². The highest BCUT2D eigenvalue weighted by molar-refractivity contribution is 6.08. The zero-order chi connectivity index (χ0) is 14.2. The van der Waals surface area contributed by atoms with Gasteiger partial charge in [-0.3, -0.25) is 4.79 Å². The number of hydrogen-bond acceptors (Lipinski definition) is 3. The van der Waals surface area contributed by atoms with Crippen LogP contribution in [0.2, 0.25) is 0 Å². The first-order chi connectivity index (χ1) is 9.81. The van der Waals surface area contributed by atoms with Crippen molar-refractivity contribution in [3.05, 3.63) is 65.7 Å². The maximum absolute atomic E-state index is 12.2. The molecule has 0 unspecified atom stereocenters. The molecule has 2 aromatic rings. The van der Waals surface area contributed by atoms with Gasteiger partial charge in [0.1, 0.15) is 5.75 Å². The van der Waals surface area contributed by atoms with Crippen LogP contribution in [0.15, 0.2) is 54.6 Å². The number of rotatable bonds is 6. The van der Waals surface area contributed by atoms with Gasteiger partial charge in [-0.2, -0.15) is 5.26 Å². The molecule has 0 heterocycles. The molecule has 0 N–H and O–H groups in total. The van der Waals surface area contributed by atoms with E-state index in [9.17, 15) is 4.79 Å². The lowest BCUT2D eigenvalue weighted by molar-refractivity contribution is 0.103. The number of ketones is 1. The first kappa shape index (κ1) is 13.8. The summed E-state index contributed by atoms with van der Waals surface area (Å²) < 4.78 is 5.49. The van der Waals surface area contributed by atoms with Crippen molar-refractivity contribution in [3.8, 4) is 11.8 Å². The maximum atomic E-state index is 12.2. The zero-order valence-electron chi connectivity index (χ0n) is 11.1. The normalized spacial score (nSPS) is 9.75. The molecule has 100 valence electrons. The molecule has 0 aliphatic heterocycles. The van der Waals surface area contributed by atoms with Crippen molar-refractivity contribution in [2.75, 3.05) is 6.61 Å². The van der Waals surface area contributed by atoms with Crippen LogP contribution < -0.4 is 4.74 Å². The Morgan fingerprint density at radius 1 is 1.00 bits per heavy atom. The molecule has 0 bridgehead atoms. The Balaban J connectivity index is 1.98. The quantitative estimate of drug-likeness (QED) is 0.592. The number of unbranched alkanes of at least 4 members (excludes halogenated alkanes) is 1. The van der Waals surface area contributed by atoms with Gasteiger partial charge in [-0.05, 0) is 30.7 Å². The summed E-state index contributed by atoms with van der Waals surface area (Å²) in [6, 6.07) is 18.3. The van der Waals surface area contributed by atoms with Crippen LogP contribution in [-0.4, -0.2) is 12.4 Å². The predicted molar refractivity (Wildman–Crippen MR) is 76.7 cm³/mol. The van der Waals surface area contributed by atoms with E-state index in [0.29, 0.717) is 36.3 Å². The van der Waals surface area contributed by atoms with E-state index < -0.39 is 0 Å². The largest absolute Gasteiger partial charge is 0.494 e. The van der Waals surface area contributed by atoms with Crippen molar-refractivity contribution in [1.82, 2.24) is 0 Å². The number of nitriles is 1. The third-order valence-corrected chi connectivity index (χ3v) is 2.85. The van der Waals surface area contributed by atoms with Gasteiger partial charge >= 0.3 is 0 Å². The second-order valence-corrected chi connectivity index (χ2v) is 4.33. The first-order valence-corrected chi connectivity index (χ1v) is 6.51. The van der Waals surface area contributed by atoms with Crippen LogP contribution in [0.3, 0.4) is 0 Å². The molecule has 3 nitrogen and oxygen atoms in total. The molecule has 0 amide bonds. The highest BCUT2D eigenvalue weighted by Gasteiger charge is 2.08. The van der Waals surface area contributed by atoms with Gasteiger partial charge in [0.2, 0.25) is 0 Å². The van der Waals surface area contributed by atoms with Crippen LogP contribution in [-0.2, 0) is 0 Å². The Labute approximate surface area is 118 Å². The third kappa shape index (κ3) is 3.69. The Morgan fingerprint density at radius 2 is 1.65 bits per heavy atom. The summed E-state index contributed by atoms with van der Waals surface area (Å²) in [7, 11) is 0. The molecule has 0 spiro atoms. The van der Waals surface area contributed by atoms with Crippen LogP contribution >= 0.6 is 0 Å². The summed E-state index contributed by atoms with van der Waals surface area (Å²) >= 11 is 0. The van der Waals surface area contributed by atoms with Crippen LogP contribution in [0.1, 0.15) is 28.8 Å². The average molecular weight is 265 g/mol. The van der Waals surface area contributed by atoms with Gasteiger partial charge in [0.05, 0.1) is 12.7 Å². The number of carbonyl (C=O) groups is 1. The lowest BCUT2D eigenvalue weighted by Crippen LogP contribution is -2.01. The molecule has 0 saturated carbocycles. The van der Waals surface area contributed by atoms with Gasteiger partial charge in [0, 0.05) is 17.5 Å². The minimum Gasteiger partial charge on any atom is -0.494 e. The van der Waals surface area contributed by atoms with E-state index in [1.807, 2.05) is 18.2 Å². The van der Waals surface area contributed by atoms with E-state index >= 15 is 0 Å². The molecule has 0 radical (unpaired) electrons. The topological polar surface area (TPSA) is 50.1 Å². The van der Waals surface area contributed by atoms with Gasteiger partial charge < -0.3 is 4.74 Å². The Morgan fingerprint density at radius 3 is 2.30 bits per heavy atom. The van der Waals surface area contributed by atoms with Gasteiger partial charge in [-0.1, -0.05) is 30.3 Å². The number of ether oxygens (including phenoxy) is 1. The predicted octanol–water partition coefficient (Wildman–Crippen LogP) is 3.60. The van der Waals surface area contributed by atoms with Crippen molar-refractivity contribution in [2.45, 2.75) is 12.8 Å². The highest BCUT2D eigenvalue weighted by atomic mass is 16.5. The van der Waals surface area contributed by atoms with Crippen LogP contribution in [0, 0.1) is 11.3 Å². The summed E-state index contributed by atoms with van der Waals surface area (Å²) in [6.45, 7) is 0.513. The average Bonchev–Trinajstić information content (AvgIpc) is 2.52. The SMILES string of the molecule is N#CCCCOc1ccc(C(=O)c2ccccc2)cc1. The molecule has 2 aromatic carbocycles. The zero-order valence-corrected chi connectivity index (χ0v) is 11.1. The van der Waals surface area contributed by atoms with Crippen molar-refractivity contribution in [2.24, 2.45) is 0 Å². The summed E-state index contributed by atoms with van der Waals surface area (Å²) in [5.41, 5.74) is 1.32. The van der Waals surface area contributed by atoms with Gasteiger partial charge in [-0.25, -0.2) is 0 Å². The second-order valence-electron chi connectivity index (χ2n) is 4.33. The molecule has 0 aliphatic carbocycles. The maximum Gasteiger partial charge on any atom is 0.193 e. The lowest BCUT2D eigenvalue weighted by Gasteiger charge is -2.06. The molecule has 3 heteroatoms. The Hall–Kier alpha value is -2.60. The van der Waals surface area contributed by atoms with Crippen LogP contribution in [0.5, 0.6) is 5.75 Å². The molecule has 2 rings (SSSR count). The lowest BCUT2D eigenvalue weighted by atomic mass is 10.0. The molecule has 0 saturated heterocycles. The standard InChI is InChI=1S/C17H15NO2/c18-12-4-5-13-20-16-10-8-15(9-11-16)17(19)14-6-2-1-3-7-14/h1-3,6-11H,4-5,13H2. The van der Waals surface area contributed by atoms with Crippen molar-refractivity contribution in [3.63, 3.8) is 0 Å². The molecular formula is C17H15NO2. The van der Waals surface area contributed by atoms with Gasteiger partial charge in [-0.15, -0.1) is 0 Å². The summed E-state index contributed by atoms with van der Waals surface area (Å²) in [5.74, 6) is 0.717. The van der Waals surface area contributed by atoms with E-state index in [4.69, 9.17) is 10.00 Å². The van der Waals surface area contributed by atoms with E-state index in [1.165, 1.54) is 0 Å². The molecule has 0 aliphatic rings. The Bertz CT molecular complexity index is 597. The van der Waals surface area contributed by atoms with E-state index in [0.717, 1.165) is 0 Å². The van der Waals surface area contributed by atoms with Gasteiger partial charge in [0.15, 0.2) is 5.78 Å².